The van der Waals surface area contributed by atoms with Gasteiger partial charge in [-0.1, -0.05) is 30.3 Å². The van der Waals surface area contributed by atoms with Gasteiger partial charge in [0, 0.05) is 17.7 Å². The van der Waals surface area contributed by atoms with Gasteiger partial charge in [0.2, 0.25) is 5.91 Å². The van der Waals surface area contributed by atoms with Crippen LogP contribution in [0.25, 0.3) is 0 Å². The number of carbonyl (C=O) groups excluding carboxylic acids is 1. The molecule has 0 aromatic heterocycles. The number of hydrogen-bond acceptors (Lipinski definition) is 5. The van der Waals surface area contributed by atoms with E-state index in [-0.39, 0.29) is 40.9 Å². The Morgan fingerprint density at radius 2 is 2.00 bits per heavy atom. The van der Waals surface area contributed by atoms with E-state index in [2.05, 4.69) is 5.32 Å². The fourth-order valence-electron chi connectivity index (χ4n) is 2.78. The first-order chi connectivity index (χ1) is 11.8. The van der Waals surface area contributed by atoms with Gasteiger partial charge in [-0.15, -0.1) is 11.8 Å². The summed E-state index contributed by atoms with van der Waals surface area (Å²) in [7, 11) is -2.94. The Hall–Kier alpha value is -1.54. The first-order valence-electron chi connectivity index (χ1n) is 8.21. The minimum atomic E-state index is -2.94. The van der Waals surface area contributed by atoms with Crippen LogP contribution in [0.1, 0.15) is 24.8 Å². The van der Waals surface area contributed by atoms with E-state index in [0.29, 0.717) is 19.3 Å². The Labute approximate surface area is 152 Å². The molecule has 1 aromatic rings. The van der Waals surface area contributed by atoms with Crippen molar-refractivity contribution in [3.05, 3.63) is 35.9 Å². The van der Waals surface area contributed by atoms with Gasteiger partial charge in [-0.05, 0) is 24.8 Å². The first kappa shape index (κ1) is 19.8. The summed E-state index contributed by atoms with van der Waals surface area (Å²) in [5.41, 5.74) is 1.03. The van der Waals surface area contributed by atoms with Gasteiger partial charge in [0.25, 0.3) is 0 Å². The summed E-state index contributed by atoms with van der Waals surface area (Å²) in [6.45, 7) is 0. The Morgan fingerprint density at radius 3 is 2.60 bits per heavy atom. The highest BCUT2D eigenvalue weighted by molar-refractivity contribution is 8.02. The fourth-order valence-corrected chi connectivity index (χ4v) is 6.23. The molecule has 2 atom stereocenters. The summed E-state index contributed by atoms with van der Waals surface area (Å²) in [6, 6.07) is 9.35. The number of sulfone groups is 1. The lowest BCUT2D eigenvalue weighted by atomic mass is 10.0. The first-order valence-corrected chi connectivity index (χ1v) is 11.1. The Bertz CT molecular complexity index is 690. The van der Waals surface area contributed by atoms with Crippen LogP contribution in [-0.2, 0) is 25.8 Å². The normalized spacial score (nSPS) is 20.1. The maximum Gasteiger partial charge on any atom is 0.303 e. The SMILES string of the molecule is O=C(O)CCC(Cc1ccccc1)NC(=O)CSC1CCS(=O)(=O)C1. The van der Waals surface area contributed by atoms with Gasteiger partial charge in [-0.2, -0.15) is 0 Å². The molecule has 6 nitrogen and oxygen atoms in total. The van der Waals surface area contributed by atoms with Crippen molar-refractivity contribution in [2.45, 2.75) is 37.0 Å². The molecule has 1 fully saturated rings. The Morgan fingerprint density at radius 1 is 1.28 bits per heavy atom. The monoisotopic (exact) mass is 385 g/mol. The maximum atomic E-state index is 12.2. The van der Waals surface area contributed by atoms with Crippen molar-refractivity contribution in [2.75, 3.05) is 17.3 Å². The van der Waals surface area contributed by atoms with Crippen LogP contribution in [0.4, 0.5) is 0 Å². The van der Waals surface area contributed by atoms with Gasteiger partial charge < -0.3 is 10.4 Å². The molecule has 0 spiro atoms. The second-order valence-electron chi connectivity index (χ2n) is 6.22. The molecule has 2 rings (SSSR count). The van der Waals surface area contributed by atoms with Crippen molar-refractivity contribution in [1.82, 2.24) is 5.32 Å². The third-order valence-electron chi connectivity index (χ3n) is 4.04. The number of carboxylic acid groups (broad SMARTS) is 1. The maximum absolute atomic E-state index is 12.2. The zero-order chi connectivity index (χ0) is 18.3. The van der Waals surface area contributed by atoms with Crippen molar-refractivity contribution in [2.24, 2.45) is 0 Å². The largest absolute Gasteiger partial charge is 0.481 e. The highest BCUT2D eigenvalue weighted by Gasteiger charge is 2.28. The average Bonchev–Trinajstić information content (AvgIpc) is 2.91. The van der Waals surface area contributed by atoms with Crippen LogP contribution in [0.2, 0.25) is 0 Å². The minimum Gasteiger partial charge on any atom is -0.481 e. The standard InChI is InChI=1S/C17H23NO5S2/c19-16(11-24-15-8-9-25(22,23)12-15)18-14(6-7-17(20)21)10-13-4-2-1-3-5-13/h1-5,14-15H,6-12H2,(H,18,19)(H,20,21). The van der Waals surface area contributed by atoms with E-state index in [0.717, 1.165) is 5.56 Å². The number of aliphatic carboxylic acids is 1. The lowest BCUT2D eigenvalue weighted by Crippen LogP contribution is -2.38. The highest BCUT2D eigenvalue weighted by Crippen LogP contribution is 2.24. The summed E-state index contributed by atoms with van der Waals surface area (Å²) >= 11 is 1.36. The quantitative estimate of drug-likeness (QED) is 0.668. The number of amides is 1. The molecule has 1 heterocycles. The summed E-state index contributed by atoms with van der Waals surface area (Å²) in [4.78, 5) is 23.0. The summed E-state index contributed by atoms with van der Waals surface area (Å²) in [5.74, 6) is -0.546. The summed E-state index contributed by atoms with van der Waals surface area (Å²) in [6.07, 6.45) is 1.51. The fraction of sp³-hybridized carbons (Fsp3) is 0.529. The molecule has 1 aromatic carbocycles. The third kappa shape index (κ3) is 7.48. The molecule has 8 heteroatoms. The Balaban J connectivity index is 1.84. The lowest BCUT2D eigenvalue weighted by Gasteiger charge is -2.19. The van der Waals surface area contributed by atoms with Gasteiger partial charge in [0.15, 0.2) is 9.84 Å². The molecule has 1 saturated heterocycles. The molecule has 0 saturated carbocycles. The average molecular weight is 386 g/mol. The predicted octanol–water partition coefficient (Wildman–Crippen LogP) is 1.50. The zero-order valence-electron chi connectivity index (χ0n) is 13.9. The van der Waals surface area contributed by atoms with Gasteiger partial charge in [0.1, 0.15) is 0 Å². The molecule has 1 amide bonds. The van der Waals surface area contributed by atoms with Crippen molar-refractivity contribution >= 4 is 33.5 Å². The minimum absolute atomic E-state index is 0.00814. The second-order valence-corrected chi connectivity index (χ2v) is 9.74. The van der Waals surface area contributed by atoms with Crippen LogP contribution >= 0.6 is 11.8 Å². The molecule has 2 N–H and O–H groups in total. The molecular formula is C17H23NO5S2. The van der Waals surface area contributed by atoms with Crippen LogP contribution in [0.3, 0.4) is 0 Å². The summed E-state index contributed by atoms with van der Waals surface area (Å²) < 4.78 is 22.9. The Kier molecular flexibility index (Phi) is 7.31. The molecule has 0 aliphatic carbocycles. The molecule has 1 aliphatic heterocycles. The van der Waals surface area contributed by atoms with E-state index < -0.39 is 15.8 Å². The highest BCUT2D eigenvalue weighted by atomic mass is 32.2. The van der Waals surface area contributed by atoms with Crippen LogP contribution < -0.4 is 5.32 Å². The number of nitrogens with one attached hydrogen (secondary N) is 1. The number of carbonyl (C=O) groups is 2. The number of thioether (sulfide) groups is 1. The van der Waals surface area contributed by atoms with Crippen molar-refractivity contribution < 1.29 is 23.1 Å². The van der Waals surface area contributed by atoms with Gasteiger partial charge in [-0.3, -0.25) is 9.59 Å². The van der Waals surface area contributed by atoms with Crippen LogP contribution in [0, 0.1) is 0 Å². The van der Waals surface area contributed by atoms with Gasteiger partial charge in [-0.25, -0.2) is 8.42 Å². The van der Waals surface area contributed by atoms with E-state index in [1.54, 1.807) is 0 Å². The van der Waals surface area contributed by atoms with Crippen molar-refractivity contribution in [1.29, 1.82) is 0 Å². The van der Waals surface area contributed by atoms with E-state index >= 15 is 0 Å². The van der Waals surface area contributed by atoms with Crippen LogP contribution in [-0.4, -0.2) is 54.0 Å². The molecule has 138 valence electrons. The van der Waals surface area contributed by atoms with E-state index in [9.17, 15) is 18.0 Å². The number of hydrogen-bond donors (Lipinski definition) is 2. The smallest absolute Gasteiger partial charge is 0.303 e. The molecule has 1 aliphatic rings. The van der Waals surface area contributed by atoms with Gasteiger partial charge in [0.05, 0.1) is 17.3 Å². The number of carboxylic acids is 1. The zero-order valence-corrected chi connectivity index (χ0v) is 15.5. The van der Waals surface area contributed by atoms with Crippen LogP contribution in [0.5, 0.6) is 0 Å². The van der Waals surface area contributed by atoms with Crippen molar-refractivity contribution in [3.8, 4) is 0 Å². The van der Waals surface area contributed by atoms with Crippen molar-refractivity contribution in [3.63, 3.8) is 0 Å². The number of rotatable bonds is 9. The van der Waals surface area contributed by atoms with E-state index in [4.69, 9.17) is 5.11 Å². The molecular weight excluding hydrogens is 362 g/mol. The summed E-state index contributed by atoms with van der Waals surface area (Å²) in [5, 5.41) is 11.8. The predicted molar refractivity (Wildman–Crippen MR) is 98.5 cm³/mol. The number of benzene rings is 1. The third-order valence-corrected chi connectivity index (χ3v) is 7.32. The van der Waals surface area contributed by atoms with Gasteiger partial charge >= 0.3 is 5.97 Å². The molecule has 0 radical (unpaired) electrons. The van der Waals surface area contributed by atoms with Crippen LogP contribution in [0.15, 0.2) is 30.3 Å². The molecule has 25 heavy (non-hydrogen) atoms. The second kappa shape index (κ2) is 9.24. The van der Waals surface area contributed by atoms with E-state index in [1.807, 2.05) is 30.3 Å². The molecule has 2 unspecified atom stereocenters. The van der Waals surface area contributed by atoms with E-state index in [1.165, 1.54) is 11.8 Å². The lowest BCUT2D eigenvalue weighted by molar-refractivity contribution is -0.137. The molecule has 0 bridgehead atoms. The topological polar surface area (TPSA) is 101 Å².